The first-order valence-corrected chi connectivity index (χ1v) is 6.34. The number of piperidine rings is 1. The lowest BCUT2D eigenvalue weighted by molar-refractivity contribution is -0.131. The molecular weight excluding hydrogens is 202 g/mol. The molecule has 0 aromatic carbocycles. The molecule has 2 rings (SSSR count). The molecule has 1 aliphatic heterocycles. The van der Waals surface area contributed by atoms with Gasteiger partial charge < -0.3 is 15.1 Å². The van der Waals surface area contributed by atoms with E-state index in [1.165, 1.54) is 12.8 Å². The van der Waals surface area contributed by atoms with Gasteiger partial charge in [-0.1, -0.05) is 0 Å². The van der Waals surface area contributed by atoms with Gasteiger partial charge in [0, 0.05) is 25.2 Å². The highest BCUT2D eigenvalue weighted by molar-refractivity contribution is 5.78. The molecule has 1 saturated carbocycles. The minimum absolute atomic E-state index is 0.282. The molecule has 1 amide bonds. The number of likely N-dealkylation sites (tertiary alicyclic amines) is 1. The zero-order chi connectivity index (χ0) is 11.5. The van der Waals surface area contributed by atoms with Crippen molar-refractivity contribution in [3.05, 3.63) is 0 Å². The fourth-order valence-electron chi connectivity index (χ4n) is 2.26. The van der Waals surface area contributed by atoms with Crippen LogP contribution in [0.25, 0.3) is 0 Å². The van der Waals surface area contributed by atoms with E-state index in [-0.39, 0.29) is 5.91 Å². The first-order valence-electron chi connectivity index (χ1n) is 6.34. The predicted octanol–water partition coefficient (Wildman–Crippen LogP) is 0.291. The summed E-state index contributed by atoms with van der Waals surface area (Å²) in [5, 5.41) is 3.29. The molecule has 92 valence electrons. The van der Waals surface area contributed by atoms with Gasteiger partial charge in [-0.15, -0.1) is 0 Å². The Bertz CT molecular complexity index is 243. The molecule has 0 radical (unpaired) electrons. The van der Waals surface area contributed by atoms with Gasteiger partial charge in [0.05, 0.1) is 6.54 Å². The molecule has 1 saturated heterocycles. The molecule has 1 heterocycles. The second-order valence-corrected chi connectivity index (χ2v) is 5.23. The molecule has 4 nitrogen and oxygen atoms in total. The number of nitrogens with zero attached hydrogens (tertiary/aromatic N) is 2. The Morgan fingerprint density at radius 1 is 1.25 bits per heavy atom. The van der Waals surface area contributed by atoms with Crippen LogP contribution in [0.3, 0.4) is 0 Å². The number of nitrogens with one attached hydrogen (secondary N) is 1. The second-order valence-electron chi connectivity index (χ2n) is 5.23. The molecule has 1 aliphatic carbocycles. The van der Waals surface area contributed by atoms with E-state index >= 15 is 0 Å². The van der Waals surface area contributed by atoms with Crippen LogP contribution in [0.15, 0.2) is 0 Å². The lowest BCUT2D eigenvalue weighted by atomic mass is 10.0. The van der Waals surface area contributed by atoms with Crippen LogP contribution < -0.4 is 5.32 Å². The number of carbonyl (C=O) groups is 1. The van der Waals surface area contributed by atoms with Crippen LogP contribution in [0.2, 0.25) is 0 Å². The first-order chi connectivity index (χ1) is 7.66. The highest BCUT2D eigenvalue weighted by Crippen LogP contribution is 2.18. The highest BCUT2D eigenvalue weighted by atomic mass is 16.2. The van der Waals surface area contributed by atoms with Gasteiger partial charge >= 0.3 is 0 Å². The van der Waals surface area contributed by atoms with Gasteiger partial charge in [0.2, 0.25) is 5.91 Å². The van der Waals surface area contributed by atoms with Crippen molar-refractivity contribution in [2.24, 2.45) is 0 Å². The minimum atomic E-state index is 0.282. The number of carbonyl (C=O) groups excluding carboxylic acids is 1. The molecule has 0 spiro atoms. The number of rotatable bonds is 4. The van der Waals surface area contributed by atoms with Crippen LogP contribution in [0, 0.1) is 0 Å². The summed E-state index contributed by atoms with van der Waals surface area (Å²) in [7, 11) is 4.24. The lowest BCUT2D eigenvalue weighted by Gasteiger charge is -2.35. The van der Waals surface area contributed by atoms with Gasteiger partial charge in [0.1, 0.15) is 0 Å². The predicted molar refractivity (Wildman–Crippen MR) is 64.3 cm³/mol. The molecule has 2 fully saturated rings. The summed E-state index contributed by atoms with van der Waals surface area (Å²) in [6, 6.07) is 1.28. The minimum Gasteiger partial charge on any atom is -0.341 e. The fraction of sp³-hybridized carbons (Fsp3) is 0.917. The summed E-state index contributed by atoms with van der Waals surface area (Å²) in [6.45, 7) is 2.39. The second kappa shape index (κ2) is 5.15. The van der Waals surface area contributed by atoms with E-state index in [2.05, 4.69) is 24.3 Å². The van der Waals surface area contributed by atoms with Crippen LogP contribution in [-0.4, -0.2) is 61.5 Å². The van der Waals surface area contributed by atoms with Crippen LogP contribution in [0.4, 0.5) is 0 Å². The summed E-state index contributed by atoms with van der Waals surface area (Å²) in [5.74, 6) is 0.282. The van der Waals surface area contributed by atoms with Gasteiger partial charge in [-0.2, -0.15) is 0 Å². The van der Waals surface area contributed by atoms with E-state index in [0.29, 0.717) is 18.6 Å². The molecule has 0 atom stereocenters. The maximum atomic E-state index is 11.9. The Morgan fingerprint density at radius 2 is 1.88 bits per heavy atom. The Kier molecular flexibility index (Phi) is 3.82. The summed E-state index contributed by atoms with van der Waals surface area (Å²) in [5.41, 5.74) is 0. The summed E-state index contributed by atoms with van der Waals surface area (Å²) >= 11 is 0. The Balaban J connectivity index is 1.68. The largest absolute Gasteiger partial charge is 0.341 e. The lowest BCUT2D eigenvalue weighted by Crippen LogP contribution is -2.47. The average molecular weight is 225 g/mol. The highest BCUT2D eigenvalue weighted by Gasteiger charge is 2.26. The zero-order valence-corrected chi connectivity index (χ0v) is 10.4. The third-order valence-corrected chi connectivity index (χ3v) is 3.67. The maximum absolute atomic E-state index is 11.9. The third kappa shape index (κ3) is 3.19. The molecule has 16 heavy (non-hydrogen) atoms. The summed E-state index contributed by atoms with van der Waals surface area (Å²) in [4.78, 5) is 16.1. The SMILES string of the molecule is CN(C)C1CCN(C(=O)CNC2CC2)CC1. The Hall–Kier alpha value is -0.610. The van der Waals surface area contributed by atoms with Gasteiger partial charge in [-0.3, -0.25) is 4.79 Å². The van der Waals surface area contributed by atoms with E-state index < -0.39 is 0 Å². The number of amides is 1. The molecule has 2 aliphatic rings. The van der Waals surface area contributed by atoms with Crippen molar-refractivity contribution in [2.75, 3.05) is 33.7 Å². The standard InChI is InChI=1S/C12H23N3O/c1-14(2)11-5-7-15(8-6-11)12(16)9-13-10-3-4-10/h10-11,13H,3-9H2,1-2H3. The van der Waals surface area contributed by atoms with E-state index in [1.807, 2.05) is 4.90 Å². The molecule has 1 N–H and O–H groups in total. The molecule has 0 aromatic rings. The van der Waals surface area contributed by atoms with Crippen molar-refractivity contribution in [1.29, 1.82) is 0 Å². The molecular formula is C12H23N3O. The first kappa shape index (κ1) is 11.9. The molecule has 0 bridgehead atoms. The van der Waals surface area contributed by atoms with Crippen LogP contribution in [0.5, 0.6) is 0 Å². The van der Waals surface area contributed by atoms with E-state index in [4.69, 9.17) is 0 Å². The molecule has 4 heteroatoms. The van der Waals surface area contributed by atoms with Crippen molar-refractivity contribution in [3.63, 3.8) is 0 Å². The maximum Gasteiger partial charge on any atom is 0.236 e. The summed E-state index contributed by atoms with van der Waals surface area (Å²) < 4.78 is 0. The van der Waals surface area contributed by atoms with Gasteiger partial charge in [0.25, 0.3) is 0 Å². The van der Waals surface area contributed by atoms with E-state index in [1.54, 1.807) is 0 Å². The van der Waals surface area contributed by atoms with Crippen molar-refractivity contribution in [3.8, 4) is 0 Å². The van der Waals surface area contributed by atoms with Crippen LogP contribution >= 0.6 is 0 Å². The monoisotopic (exact) mass is 225 g/mol. The van der Waals surface area contributed by atoms with Crippen molar-refractivity contribution in [2.45, 2.75) is 37.8 Å². The Morgan fingerprint density at radius 3 is 2.38 bits per heavy atom. The number of hydrogen-bond acceptors (Lipinski definition) is 3. The van der Waals surface area contributed by atoms with Crippen molar-refractivity contribution >= 4 is 5.91 Å². The Labute approximate surface area is 98.0 Å². The smallest absolute Gasteiger partial charge is 0.236 e. The van der Waals surface area contributed by atoms with Crippen LogP contribution in [-0.2, 0) is 4.79 Å². The van der Waals surface area contributed by atoms with Crippen molar-refractivity contribution < 1.29 is 4.79 Å². The normalized spacial score (nSPS) is 22.8. The summed E-state index contributed by atoms with van der Waals surface area (Å²) in [6.07, 6.45) is 4.72. The third-order valence-electron chi connectivity index (χ3n) is 3.67. The van der Waals surface area contributed by atoms with Crippen molar-refractivity contribution in [1.82, 2.24) is 15.1 Å². The molecule has 0 unspecified atom stereocenters. The van der Waals surface area contributed by atoms with E-state index in [9.17, 15) is 4.79 Å². The zero-order valence-electron chi connectivity index (χ0n) is 10.4. The topological polar surface area (TPSA) is 35.6 Å². The van der Waals surface area contributed by atoms with Gasteiger partial charge in [-0.05, 0) is 39.8 Å². The molecule has 0 aromatic heterocycles. The average Bonchev–Trinajstić information content (AvgIpc) is 3.10. The fourth-order valence-corrected chi connectivity index (χ4v) is 2.26. The van der Waals surface area contributed by atoms with E-state index in [0.717, 1.165) is 25.9 Å². The van der Waals surface area contributed by atoms with Gasteiger partial charge in [0.15, 0.2) is 0 Å². The quantitative estimate of drug-likeness (QED) is 0.747. The number of hydrogen-bond donors (Lipinski definition) is 1. The van der Waals surface area contributed by atoms with Crippen LogP contribution in [0.1, 0.15) is 25.7 Å². The van der Waals surface area contributed by atoms with Gasteiger partial charge in [-0.25, -0.2) is 0 Å².